The van der Waals surface area contributed by atoms with Gasteiger partial charge in [0.1, 0.15) is 5.82 Å². The Balaban J connectivity index is 1.85. The number of halogens is 1. The molecule has 104 valence electrons. The molecule has 1 N–H and O–H groups in total. The summed E-state index contributed by atoms with van der Waals surface area (Å²) in [5.74, 6) is 0.444. The molecule has 2 rings (SSSR count). The van der Waals surface area contributed by atoms with Crippen LogP contribution in [0.5, 0.6) is 0 Å². The van der Waals surface area contributed by atoms with Gasteiger partial charge in [-0.3, -0.25) is 9.69 Å². The van der Waals surface area contributed by atoms with E-state index in [2.05, 4.69) is 15.2 Å². The molecular weight excluding hydrogens is 266 g/mol. The number of amides is 1. The van der Waals surface area contributed by atoms with Gasteiger partial charge in [0.25, 0.3) is 0 Å². The van der Waals surface area contributed by atoms with Crippen LogP contribution in [0.2, 0.25) is 5.02 Å². The average Bonchev–Trinajstić information content (AvgIpc) is 2.30. The summed E-state index contributed by atoms with van der Waals surface area (Å²) in [5, 5.41) is 3.30. The van der Waals surface area contributed by atoms with Crippen molar-refractivity contribution < 1.29 is 9.53 Å². The van der Waals surface area contributed by atoms with Crippen LogP contribution in [0.15, 0.2) is 18.3 Å². The Kier molecular flexibility index (Phi) is 4.74. The molecule has 0 spiro atoms. The van der Waals surface area contributed by atoms with Gasteiger partial charge in [-0.2, -0.15) is 0 Å². The molecule has 0 bridgehead atoms. The Hall–Kier alpha value is -1.17. The zero-order chi connectivity index (χ0) is 13.8. The van der Waals surface area contributed by atoms with Gasteiger partial charge >= 0.3 is 0 Å². The summed E-state index contributed by atoms with van der Waals surface area (Å²) in [7, 11) is 0. The van der Waals surface area contributed by atoms with Gasteiger partial charge in [-0.05, 0) is 26.0 Å². The highest BCUT2D eigenvalue weighted by Gasteiger charge is 2.23. The van der Waals surface area contributed by atoms with Crippen LogP contribution >= 0.6 is 11.6 Å². The van der Waals surface area contributed by atoms with Crippen LogP contribution in [-0.4, -0.2) is 47.6 Å². The van der Waals surface area contributed by atoms with Gasteiger partial charge in [0, 0.05) is 19.3 Å². The number of nitrogens with one attached hydrogen (secondary N) is 1. The van der Waals surface area contributed by atoms with Crippen molar-refractivity contribution in [3.05, 3.63) is 23.4 Å². The van der Waals surface area contributed by atoms with Crippen molar-refractivity contribution in [3.8, 4) is 0 Å². The molecule has 2 heterocycles. The second-order valence-corrected chi connectivity index (χ2v) is 5.30. The Morgan fingerprint density at radius 2 is 2.16 bits per heavy atom. The van der Waals surface area contributed by atoms with E-state index in [1.165, 1.54) is 6.20 Å². The van der Waals surface area contributed by atoms with E-state index in [1.54, 1.807) is 12.1 Å². The van der Waals surface area contributed by atoms with Crippen LogP contribution in [0.25, 0.3) is 0 Å². The number of carbonyl (C=O) groups excluding carboxylic acids is 1. The van der Waals surface area contributed by atoms with Crippen molar-refractivity contribution in [3.63, 3.8) is 0 Å². The standard InChI is InChI=1S/C13H18ClN3O2/c1-9-6-17(7-10(2)19-9)8-13(18)16-12-4-3-11(14)5-15-12/h3-5,9-10H,6-8H2,1-2H3,(H,15,16,18). The number of hydrogen-bond donors (Lipinski definition) is 1. The highest BCUT2D eigenvalue weighted by molar-refractivity contribution is 6.30. The van der Waals surface area contributed by atoms with E-state index in [9.17, 15) is 4.79 Å². The van der Waals surface area contributed by atoms with Crippen LogP contribution < -0.4 is 5.32 Å². The molecule has 1 fully saturated rings. The van der Waals surface area contributed by atoms with E-state index in [0.717, 1.165) is 13.1 Å². The van der Waals surface area contributed by atoms with Gasteiger partial charge in [-0.1, -0.05) is 11.6 Å². The number of rotatable bonds is 3. The van der Waals surface area contributed by atoms with Crippen molar-refractivity contribution in [2.24, 2.45) is 0 Å². The zero-order valence-corrected chi connectivity index (χ0v) is 11.9. The number of carbonyl (C=O) groups is 1. The van der Waals surface area contributed by atoms with Crippen LogP contribution in [-0.2, 0) is 9.53 Å². The number of anilines is 1. The van der Waals surface area contributed by atoms with Crippen LogP contribution in [0.4, 0.5) is 5.82 Å². The first-order valence-corrected chi connectivity index (χ1v) is 6.70. The molecular formula is C13H18ClN3O2. The quantitative estimate of drug-likeness (QED) is 0.919. The third-order valence-electron chi connectivity index (χ3n) is 2.86. The minimum Gasteiger partial charge on any atom is -0.373 e. The van der Waals surface area contributed by atoms with Gasteiger partial charge in [0.15, 0.2) is 0 Å². The first-order valence-electron chi connectivity index (χ1n) is 6.32. The summed E-state index contributed by atoms with van der Waals surface area (Å²) in [6.07, 6.45) is 1.83. The monoisotopic (exact) mass is 283 g/mol. The Morgan fingerprint density at radius 3 is 2.74 bits per heavy atom. The summed E-state index contributed by atoms with van der Waals surface area (Å²) in [5.41, 5.74) is 0. The summed E-state index contributed by atoms with van der Waals surface area (Å²) >= 11 is 5.74. The van der Waals surface area contributed by atoms with Crippen LogP contribution in [0.3, 0.4) is 0 Å². The van der Waals surface area contributed by atoms with Crippen molar-refractivity contribution in [1.29, 1.82) is 0 Å². The molecule has 0 saturated carbocycles. The van der Waals surface area contributed by atoms with E-state index in [-0.39, 0.29) is 18.1 Å². The molecule has 1 aliphatic heterocycles. The van der Waals surface area contributed by atoms with Crippen molar-refractivity contribution in [2.75, 3.05) is 25.0 Å². The van der Waals surface area contributed by atoms with E-state index in [0.29, 0.717) is 17.4 Å². The van der Waals surface area contributed by atoms with Crippen LogP contribution in [0, 0.1) is 0 Å². The third-order valence-corrected chi connectivity index (χ3v) is 3.08. The largest absolute Gasteiger partial charge is 0.373 e. The second kappa shape index (κ2) is 6.32. The lowest BCUT2D eigenvalue weighted by molar-refractivity contribution is -0.121. The molecule has 2 unspecified atom stereocenters. The average molecular weight is 284 g/mol. The zero-order valence-electron chi connectivity index (χ0n) is 11.1. The van der Waals surface area contributed by atoms with E-state index >= 15 is 0 Å². The highest BCUT2D eigenvalue weighted by atomic mass is 35.5. The highest BCUT2D eigenvalue weighted by Crippen LogP contribution is 2.12. The first-order chi connectivity index (χ1) is 9.02. The number of hydrogen-bond acceptors (Lipinski definition) is 4. The molecule has 1 amide bonds. The fourth-order valence-corrected chi connectivity index (χ4v) is 2.36. The number of morpholine rings is 1. The third kappa shape index (κ3) is 4.45. The van der Waals surface area contributed by atoms with E-state index in [4.69, 9.17) is 16.3 Å². The molecule has 1 aliphatic rings. The smallest absolute Gasteiger partial charge is 0.239 e. The summed E-state index contributed by atoms with van der Waals surface area (Å²) in [4.78, 5) is 18.0. The Bertz CT molecular complexity index is 428. The fourth-order valence-electron chi connectivity index (χ4n) is 2.25. The van der Waals surface area contributed by atoms with Crippen molar-refractivity contribution >= 4 is 23.3 Å². The number of nitrogens with zero attached hydrogens (tertiary/aromatic N) is 2. The maximum atomic E-state index is 11.9. The Morgan fingerprint density at radius 1 is 1.47 bits per heavy atom. The molecule has 5 nitrogen and oxygen atoms in total. The van der Waals surface area contributed by atoms with Gasteiger partial charge < -0.3 is 10.1 Å². The molecule has 0 radical (unpaired) electrons. The van der Waals surface area contributed by atoms with Crippen molar-refractivity contribution in [2.45, 2.75) is 26.1 Å². The number of ether oxygens (including phenoxy) is 1. The molecule has 1 aromatic rings. The maximum absolute atomic E-state index is 11.9. The second-order valence-electron chi connectivity index (χ2n) is 4.86. The topological polar surface area (TPSA) is 54.5 Å². The summed E-state index contributed by atoms with van der Waals surface area (Å²) in [6, 6.07) is 3.38. The molecule has 1 aromatic heterocycles. The molecule has 1 saturated heterocycles. The molecule has 6 heteroatoms. The minimum absolute atomic E-state index is 0.0730. The van der Waals surface area contributed by atoms with Crippen molar-refractivity contribution in [1.82, 2.24) is 9.88 Å². The SMILES string of the molecule is CC1CN(CC(=O)Nc2ccc(Cl)cn2)CC(C)O1. The number of aromatic nitrogens is 1. The fraction of sp³-hybridized carbons (Fsp3) is 0.538. The molecule has 19 heavy (non-hydrogen) atoms. The van der Waals surface area contributed by atoms with Gasteiger partial charge in [0.2, 0.25) is 5.91 Å². The lowest BCUT2D eigenvalue weighted by atomic mass is 10.2. The maximum Gasteiger partial charge on any atom is 0.239 e. The van der Waals surface area contributed by atoms with E-state index < -0.39 is 0 Å². The molecule has 2 atom stereocenters. The lowest BCUT2D eigenvalue weighted by Crippen LogP contribution is -2.48. The molecule has 0 aliphatic carbocycles. The van der Waals surface area contributed by atoms with Gasteiger partial charge in [-0.25, -0.2) is 4.98 Å². The van der Waals surface area contributed by atoms with E-state index in [1.807, 2.05) is 13.8 Å². The predicted octanol–water partition coefficient (Wildman–Crippen LogP) is 1.78. The molecule has 0 aromatic carbocycles. The summed E-state index contributed by atoms with van der Waals surface area (Å²) < 4.78 is 5.63. The first kappa shape index (κ1) is 14.2. The summed E-state index contributed by atoms with van der Waals surface area (Å²) in [6.45, 7) is 5.92. The Labute approximate surface area is 117 Å². The van der Waals surface area contributed by atoms with Gasteiger partial charge in [-0.15, -0.1) is 0 Å². The lowest BCUT2D eigenvalue weighted by Gasteiger charge is -2.34. The van der Waals surface area contributed by atoms with Crippen LogP contribution in [0.1, 0.15) is 13.8 Å². The normalized spacial score (nSPS) is 24.2. The van der Waals surface area contributed by atoms with Gasteiger partial charge in [0.05, 0.1) is 23.8 Å². The predicted molar refractivity (Wildman–Crippen MR) is 74.3 cm³/mol. The number of pyridine rings is 1. The minimum atomic E-state index is -0.0730.